The van der Waals surface area contributed by atoms with Crippen LogP contribution in [0.25, 0.3) is 0 Å². The molecule has 6 heteroatoms. The van der Waals surface area contributed by atoms with Crippen LogP contribution in [0.3, 0.4) is 0 Å². The van der Waals surface area contributed by atoms with Gasteiger partial charge in [0.05, 0.1) is 0 Å². The Morgan fingerprint density at radius 3 is 1.83 bits per heavy atom. The van der Waals surface area contributed by atoms with E-state index in [1.807, 2.05) is 37.3 Å². The summed E-state index contributed by atoms with van der Waals surface area (Å²) in [4.78, 5) is 24.2. The number of para-hydroxylation sites is 1. The fraction of sp³-hybridized carbons (Fsp3) is 0.167. The second-order valence-electron chi connectivity index (χ2n) is 6.43. The lowest BCUT2D eigenvalue weighted by atomic mass is 10.1. The summed E-state index contributed by atoms with van der Waals surface area (Å²) >= 11 is 0. The number of hydrogen-bond donors (Lipinski definition) is 2. The number of carbonyl (C=O) groups excluding carboxylic acids is 2. The molecule has 0 aliphatic carbocycles. The summed E-state index contributed by atoms with van der Waals surface area (Å²) in [6.45, 7) is 3.26. The molecule has 3 aromatic rings. The summed E-state index contributed by atoms with van der Waals surface area (Å²) in [5.41, 5.74) is 1.68. The SMILES string of the molecule is CCNC(=O)c1ccc(NC(=O)c2ccc(OCCOc3ccccc3)cc2)cc1. The molecule has 0 heterocycles. The standard InChI is InChI=1S/C24H24N2O4/c1-2-25-23(27)18-8-12-20(13-9-18)26-24(28)19-10-14-22(15-11-19)30-17-16-29-21-6-4-3-5-7-21/h3-15H,2,16-17H2,1H3,(H,25,27)(H,26,28). The number of anilines is 1. The van der Waals surface area contributed by atoms with Crippen molar-refractivity contribution in [2.45, 2.75) is 6.92 Å². The fourth-order valence-corrected chi connectivity index (χ4v) is 2.71. The van der Waals surface area contributed by atoms with Crippen molar-refractivity contribution in [3.05, 3.63) is 90.0 Å². The van der Waals surface area contributed by atoms with Gasteiger partial charge in [0.15, 0.2) is 0 Å². The van der Waals surface area contributed by atoms with Crippen LogP contribution in [0, 0.1) is 0 Å². The first-order valence-corrected chi connectivity index (χ1v) is 9.76. The Morgan fingerprint density at radius 2 is 1.23 bits per heavy atom. The first-order chi connectivity index (χ1) is 14.7. The molecule has 30 heavy (non-hydrogen) atoms. The van der Waals surface area contributed by atoms with Crippen molar-refractivity contribution in [2.75, 3.05) is 25.1 Å². The average Bonchev–Trinajstić information content (AvgIpc) is 2.78. The minimum absolute atomic E-state index is 0.139. The maximum absolute atomic E-state index is 12.4. The molecule has 0 radical (unpaired) electrons. The van der Waals surface area contributed by atoms with Gasteiger partial charge >= 0.3 is 0 Å². The zero-order valence-corrected chi connectivity index (χ0v) is 16.8. The molecule has 0 bridgehead atoms. The third-order valence-corrected chi connectivity index (χ3v) is 4.22. The van der Waals surface area contributed by atoms with Crippen molar-refractivity contribution < 1.29 is 19.1 Å². The molecule has 0 aromatic heterocycles. The Balaban J connectivity index is 1.47. The van der Waals surface area contributed by atoms with E-state index in [0.717, 1.165) is 5.75 Å². The lowest BCUT2D eigenvalue weighted by Crippen LogP contribution is -2.22. The van der Waals surface area contributed by atoms with Gasteiger partial charge in [-0.2, -0.15) is 0 Å². The van der Waals surface area contributed by atoms with Gasteiger partial charge < -0.3 is 20.1 Å². The molecule has 0 saturated carbocycles. The predicted octanol–water partition coefficient (Wildman–Crippen LogP) is 4.15. The second kappa shape index (κ2) is 10.7. The molecule has 3 rings (SSSR count). The van der Waals surface area contributed by atoms with E-state index < -0.39 is 0 Å². The van der Waals surface area contributed by atoms with E-state index in [0.29, 0.717) is 42.3 Å². The monoisotopic (exact) mass is 404 g/mol. The Labute approximate surface area is 175 Å². The number of nitrogens with one attached hydrogen (secondary N) is 2. The van der Waals surface area contributed by atoms with E-state index in [4.69, 9.17) is 9.47 Å². The largest absolute Gasteiger partial charge is 0.490 e. The van der Waals surface area contributed by atoms with Crippen LogP contribution < -0.4 is 20.1 Å². The van der Waals surface area contributed by atoms with Crippen LogP contribution in [0.2, 0.25) is 0 Å². The maximum Gasteiger partial charge on any atom is 0.255 e. The molecule has 6 nitrogen and oxygen atoms in total. The highest BCUT2D eigenvalue weighted by Crippen LogP contribution is 2.15. The second-order valence-corrected chi connectivity index (χ2v) is 6.43. The third kappa shape index (κ3) is 6.10. The number of rotatable bonds is 9. The molecule has 0 saturated heterocycles. The summed E-state index contributed by atoms with van der Waals surface area (Å²) in [5, 5.41) is 5.55. The lowest BCUT2D eigenvalue weighted by Gasteiger charge is -2.09. The maximum atomic E-state index is 12.4. The Kier molecular flexibility index (Phi) is 7.44. The number of benzene rings is 3. The van der Waals surface area contributed by atoms with E-state index in [-0.39, 0.29) is 11.8 Å². The van der Waals surface area contributed by atoms with Crippen molar-refractivity contribution in [1.82, 2.24) is 5.32 Å². The van der Waals surface area contributed by atoms with Crippen LogP contribution in [0.15, 0.2) is 78.9 Å². The highest BCUT2D eigenvalue weighted by atomic mass is 16.5. The fourth-order valence-electron chi connectivity index (χ4n) is 2.71. The van der Waals surface area contributed by atoms with E-state index in [1.54, 1.807) is 48.5 Å². The molecule has 3 aromatic carbocycles. The summed E-state index contributed by atoms with van der Waals surface area (Å²) in [6.07, 6.45) is 0. The molecule has 2 amide bonds. The minimum atomic E-state index is -0.236. The van der Waals surface area contributed by atoms with Gasteiger partial charge in [-0.05, 0) is 67.6 Å². The van der Waals surface area contributed by atoms with Gasteiger partial charge in [0.1, 0.15) is 24.7 Å². The number of hydrogen-bond acceptors (Lipinski definition) is 4. The Bertz CT molecular complexity index is 955. The van der Waals surface area contributed by atoms with Gasteiger partial charge in [0.2, 0.25) is 0 Å². The minimum Gasteiger partial charge on any atom is -0.490 e. The van der Waals surface area contributed by atoms with Crippen molar-refractivity contribution in [3.8, 4) is 11.5 Å². The van der Waals surface area contributed by atoms with Crippen LogP contribution >= 0.6 is 0 Å². The molecule has 0 fully saturated rings. The molecule has 0 aliphatic heterocycles. The Morgan fingerprint density at radius 1 is 0.700 bits per heavy atom. The first-order valence-electron chi connectivity index (χ1n) is 9.76. The summed E-state index contributed by atoms with van der Waals surface area (Å²) < 4.78 is 11.2. The molecule has 0 unspecified atom stereocenters. The van der Waals surface area contributed by atoms with E-state index in [1.165, 1.54) is 0 Å². The van der Waals surface area contributed by atoms with Crippen LogP contribution in [0.4, 0.5) is 5.69 Å². The molecule has 0 atom stereocenters. The summed E-state index contributed by atoms with van der Waals surface area (Å²) in [6, 6.07) is 23.2. The van der Waals surface area contributed by atoms with Crippen molar-refractivity contribution in [2.24, 2.45) is 0 Å². The van der Waals surface area contributed by atoms with Crippen molar-refractivity contribution in [1.29, 1.82) is 0 Å². The number of amides is 2. The van der Waals surface area contributed by atoms with E-state index in [9.17, 15) is 9.59 Å². The molecule has 0 aliphatic rings. The van der Waals surface area contributed by atoms with Gasteiger partial charge in [-0.1, -0.05) is 18.2 Å². The normalized spacial score (nSPS) is 10.2. The third-order valence-electron chi connectivity index (χ3n) is 4.22. The van der Waals surface area contributed by atoms with Gasteiger partial charge in [-0.25, -0.2) is 0 Å². The summed E-state index contributed by atoms with van der Waals surface area (Å²) in [5.74, 6) is 1.08. The van der Waals surface area contributed by atoms with E-state index >= 15 is 0 Å². The van der Waals surface area contributed by atoms with Crippen LogP contribution in [-0.2, 0) is 0 Å². The number of ether oxygens (including phenoxy) is 2. The Hall–Kier alpha value is -3.80. The van der Waals surface area contributed by atoms with Crippen LogP contribution in [-0.4, -0.2) is 31.6 Å². The predicted molar refractivity (Wildman–Crippen MR) is 116 cm³/mol. The molecule has 2 N–H and O–H groups in total. The van der Waals surface area contributed by atoms with Crippen LogP contribution in [0.5, 0.6) is 11.5 Å². The average molecular weight is 404 g/mol. The number of carbonyl (C=O) groups is 2. The van der Waals surface area contributed by atoms with Crippen LogP contribution in [0.1, 0.15) is 27.6 Å². The lowest BCUT2D eigenvalue weighted by molar-refractivity contribution is 0.0955. The zero-order chi connectivity index (χ0) is 21.2. The van der Waals surface area contributed by atoms with E-state index in [2.05, 4.69) is 10.6 Å². The zero-order valence-electron chi connectivity index (χ0n) is 16.8. The molecular weight excluding hydrogens is 380 g/mol. The first kappa shape index (κ1) is 20.9. The topological polar surface area (TPSA) is 76.7 Å². The van der Waals surface area contributed by atoms with Gasteiger partial charge in [0.25, 0.3) is 11.8 Å². The molecular formula is C24H24N2O4. The quantitative estimate of drug-likeness (QED) is 0.526. The highest BCUT2D eigenvalue weighted by molar-refractivity contribution is 6.04. The van der Waals surface area contributed by atoms with Gasteiger partial charge in [0, 0.05) is 23.4 Å². The van der Waals surface area contributed by atoms with Crippen molar-refractivity contribution >= 4 is 17.5 Å². The highest BCUT2D eigenvalue weighted by Gasteiger charge is 2.08. The molecule has 0 spiro atoms. The van der Waals surface area contributed by atoms with Gasteiger partial charge in [-0.15, -0.1) is 0 Å². The smallest absolute Gasteiger partial charge is 0.255 e. The van der Waals surface area contributed by atoms with Gasteiger partial charge in [-0.3, -0.25) is 9.59 Å². The molecule has 154 valence electrons. The van der Waals surface area contributed by atoms with Crippen molar-refractivity contribution in [3.63, 3.8) is 0 Å². The summed E-state index contributed by atoms with van der Waals surface area (Å²) in [7, 11) is 0.